The molecule has 5 nitrogen and oxygen atoms in total. The van der Waals surface area contributed by atoms with E-state index in [0.29, 0.717) is 0 Å². The number of nitro groups is 1. The zero-order chi connectivity index (χ0) is 14.0. The van der Waals surface area contributed by atoms with Gasteiger partial charge in [0.2, 0.25) is 0 Å². The number of aliphatic hydroxyl groups is 1. The van der Waals surface area contributed by atoms with Crippen LogP contribution in [0.4, 0.5) is 11.4 Å². The first-order valence-electron chi connectivity index (χ1n) is 6.30. The van der Waals surface area contributed by atoms with E-state index in [2.05, 4.69) is 27.5 Å². The summed E-state index contributed by atoms with van der Waals surface area (Å²) in [4.78, 5) is 12.6. The highest BCUT2D eigenvalue weighted by molar-refractivity contribution is 14.1. The van der Waals surface area contributed by atoms with Gasteiger partial charge in [0, 0.05) is 28.8 Å². The number of hydrogen-bond acceptors (Lipinski definition) is 4. The lowest BCUT2D eigenvalue weighted by molar-refractivity contribution is -0.384. The van der Waals surface area contributed by atoms with Crippen LogP contribution in [0.1, 0.15) is 26.2 Å². The standard InChI is InChI=1S/C13H17IN2O3/c1-13(17)5-2-7-15(8-6-13)12-4-3-10(16(18)19)9-11(12)14/h3-4,9,17H,2,5-8H2,1H3. The van der Waals surface area contributed by atoms with E-state index in [9.17, 15) is 15.2 Å². The lowest BCUT2D eigenvalue weighted by Gasteiger charge is -2.25. The summed E-state index contributed by atoms with van der Waals surface area (Å²) >= 11 is 2.13. The molecule has 2 rings (SSSR count). The van der Waals surface area contributed by atoms with Gasteiger partial charge in [-0.3, -0.25) is 10.1 Å². The molecule has 1 aliphatic rings. The summed E-state index contributed by atoms with van der Waals surface area (Å²) in [7, 11) is 0. The molecule has 0 radical (unpaired) electrons. The molecule has 0 aliphatic carbocycles. The van der Waals surface area contributed by atoms with Crippen LogP contribution in [0.25, 0.3) is 0 Å². The first kappa shape index (κ1) is 14.5. The van der Waals surface area contributed by atoms with Crippen LogP contribution in [0.3, 0.4) is 0 Å². The molecule has 0 saturated carbocycles. The van der Waals surface area contributed by atoms with Crippen LogP contribution in [-0.2, 0) is 0 Å². The average Bonchev–Trinajstić information content (AvgIpc) is 2.50. The zero-order valence-corrected chi connectivity index (χ0v) is 13.0. The molecular formula is C13H17IN2O3. The fourth-order valence-corrected chi connectivity index (χ4v) is 3.21. The zero-order valence-electron chi connectivity index (χ0n) is 10.8. The summed E-state index contributed by atoms with van der Waals surface area (Å²) in [5.41, 5.74) is 0.542. The molecule has 1 unspecified atom stereocenters. The number of anilines is 1. The highest BCUT2D eigenvalue weighted by atomic mass is 127. The molecule has 1 heterocycles. The molecule has 1 aliphatic heterocycles. The molecular weight excluding hydrogens is 359 g/mol. The van der Waals surface area contributed by atoms with Gasteiger partial charge in [-0.1, -0.05) is 0 Å². The third-order valence-corrected chi connectivity index (χ3v) is 4.41. The van der Waals surface area contributed by atoms with Crippen LogP contribution in [0.2, 0.25) is 0 Å². The fourth-order valence-electron chi connectivity index (χ4n) is 2.37. The Kier molecular flexibility index (Phi) is 4.29. The predicted octanol–water partition coefficient (Wildman–Crippen LogP) is 2.94. The van der Waals surface area contributed by atoms with E-state index in [-0.39, 0.29) is 10.6 Å². The maximum Gasteiger partial charge on any atom is 0.270 e. The molecule has 0 bridgehead atoms. The molecule has 1 aromatic carbocycles. The number of nitro benzene ring substituents is 1. The van der Waals surface area contributed by atoms with E-state index in [1.54, 1.807) is 18.2 Å². The van der Waals surface area contributed by atoms with Crippen molar-refractivity contribution >= 4 is 34.0 Å². The summed E-state index contributed by atoms with van der Waals surface area (Å²) in [6, 6.07) is 4.94. The van der Waals surface area contributed by atoms with E-state index in [0.717, 1.165) is 41.6 Å². The monoisotopic (exact) mass is 376 g/mol. The molecule has 6 heteroatoms. The van der Waals surface area contributed by atoms with Gasteiger partial charge < -0.3 is 10.0 Å². The SMILES string of the molecule is CC1(O)CCCN(c2ccc([N+](=O)[O-])cc2I)CC1. The number of nitrogens with zero attached hydrogens (tertiary/aromatic N) is 2. The second-order valence-corrected chi connectivity index (χ2v) is 6.39. The molecule has 0 spiro atoms. The summed E-state index contributed by atoms with van der Waals surface area (Å²) in [6.45, 7) is 3.53. The van der Waals surface area contributed by atoms with Gasteiger partial charge in [-0.15, -0.1) is 0 Å². The summed E-state index contributed by atoms with van der Waals surface area (Å²) in [5.74, 6) is 0. The Morgan fingerprint density at radius 3 is 2.79 bits per heavy atom. The second kappa shape index (κ2) is 5.62. The number of rotatable bonds is 2. The van der Waals surface area contributed by atoms with Crippen LogP contribution in [-0.4, -0.2) is 28.7 Å². The van der Waals surface area contributed by atoms with Crippen molar-refractivity contribution in [2.24, 2.45) is 0 Å². The average molecular weight is 376 g/mol. The third-order valence-electron chi connectivity index (χ3n) is 3.55. The molecule has 104 valence electrons. The van der Waals surface area contributed by atoms with E-state index >= 15 is 0 Å². The summed E-state index contributed by atoms with van der Waals surface area (Å²) in [6.07, 6.45) is 2.45. The minimum atomic E-state index is -0.596. The lowest BCUT2D eigenvalue weighted by atomic mass is 9.98. The van der Waals surface area contributed by atoms with Gasteiger partial charge in [-0.05, 0) is 54.8 Å². The molecule has 19 heavy (non-hydrogen) atoms. The van der Waals surface area contributed by atoms with Crippen molar-refractivity contribution in [1.29, 1.82) is 0 Å². The van der Waals surface area contributed by atoms with E-state index in [1.807, 2.05) is 6.92 Å². The first-order chi connectivity index (χ1) is 8.89. The van der Waals surface area contributed by atoms with Crippen LogP contribution in [0.15, 0.2) is 18.2 Å². The van der Waals surface area contributed by atoms with Gasteiger partial charge in [0.05, 0.1) is 16.2 Å². The van der Waals surface area contributed by atoms with Crippen molar-refractivity contribution < 1.29 is 10.0 Å². The predicted molar refractivity (Wildman–Crippen MR) is 82.5 cm³/mol. The molecule has 1 N–H and O–H groups in total. The van der Waals surface area contributed by atoms with Crippen LogP contribution < -0.4 is 4.90 Å². The smallest absolute Gasteiger partial charge is 0.270 e. The van der Waals surface area contributed by atoms with Crippen LogP contribution in [0.5, 0.6) is 0 Å². The summed E-state index contributed by atoms with van der Waals surface area (Å²) in [5, 5.41) is 20.8. The van der Waals surface area contributed by atoms with E-state index < -0.39 is 5.60 Å². The highest BCUT2D eigenvalue weighted by Gasteiger charge is 2.26. The highest BCUT2D eigenvalue weighted by Crippen LogP contribution is 2.30. The van der Waals surface area contributed by atoms with Gasteiger partial charge in [-0.25, -0.2) is 0 Å². The Bertz CT molecular complexity index is 491. The minimum Gasteiger partial charge on any atom is -0.390 e. The summed E-state index contributed by atoms with van der Waals surface area (Å²) < 4.78 is 0.883. The Morgan fingerprint density at radius 1 is 1.42 bits per heavy atom. The molecule has 0 amide bonds. The number of benzene rings is 1. The van der Waals surface area contributed by atoms with Crippen molar-refractivity contribution in [2.45, 2.75) is 31.8 Å². The topological polar surface area (TPSA) is 66.6 Å². The third kappa shape index (κ3) is 3.56. The van der Waals surface area contributed by atoms with Gasteiger partial charge in [0.1, 0.15) is 0 Å². The maximum atomic E-state index is 10.7. The lowest BCUT2D eigenvalue weighted by Crippen LogP contribution is -2.28. The van der Waals surface area contributed by atoms with Gasteiger partial charge >= 0.3 is 0 Å². The minimum absolute atomic E-state index is 0.120. The van der Waals surface area contributed by atoms with Crippen molar-refractivity contribution in [2.75, 3.05) is 18.0 Å². The number of non-ortho nitro benzene ring substituents is 1. The Labute approximate surface area is 125 Å². The largest absolute Gasteiger partial charge is 0.390 e. The number of halogens is 1. The van der Waals surface area contributed by atoms with Crippen molar-refractivity contribution in [1.82, 2.24) is 0 Å². The van der Waals surface area contributed by atoms with Crippen molar-refractivity contribution in [3.63, 3.8) is 0 Å². The van der Waals surface area contributed by atoms with E-state index in [1.165, 1.54) is 0 Å². The van der Waals surface area contributed by atoms with Gasteiger partial charge in [0.25, 0.3) is 5.69 Å². The molecule has 1 atom stereocenters. The Balaban J connectivity index is 2.20. The van der Waals surface area contributed by atoms with Gasteiger partial charge in [-0.2, -0.15) is 0 Å². The maximum absolute atomic E-state index is 10.7. The molecule has 1 saturated heterocycles. The van der Waals surface area contributed by atoms with E-state index in [4.69, 9.17) is 0 Å². The first-order valence-corrected chi connectivity index (χ1v) is 7.38. The van der Waals surface area contributed by atoms with Crippen molar-refractivity contribution in [3.8, 4) is 0 Å². The normalized spacial score (nSPS) is 24.1. The molecule has 0 aromatic heterocycles. The Morgan fingerprint density at radius 2 is 2.16 bits per heavy atom. The Hall–Kier alpha value is -0.890. The quantitative estimate of drug-likeness (QED) is 0.490. The fraction of sp³-hybridized carbons (Fsp3) is 0.538. The second-order valence-electron chi connectivity index (χ2n) is 5.23. The van der Waals surface area contributed by atoms with Crippen LogP contribution in [0, 0.1) is 13.7 Å². The molecule has 1 fully saturated rings. The number of hydrogen-bond donors (Lipinski definition) is 1. The van der Waals surface area contributed by atoms with Crippen molar-refractivity contribution in [3.05, 3.63) is 31.9 Å². The van der Waals surface area contributed by atoms with Crippen LogP contribution >= 0.6 is 22.6 Å². The molecule has 1 aromatic rings. The van der Waals surface area contributed by atoms with Gasteiger partial charge in [0.15, 0.2) is 0 Å².